The fraction of sp³-hybridized carbons (Fsp3) is 0.667. The second kappa shape index (κ2) is 7.24. The van der Waals surface area contributed by atoms with Gasteiger partial charge in [-0.05, 0) is 62.7 Å². The molecule has 1 fully saturated rings. The molecule has 3 atom stereocenters. The largest absolute Gasteiger partial charge is 0.387 e. The topological polar surface area (TPSA) is 23.5 Å². The van der Waals surface area contributed by atoms with Crippen molar-refractivity contribution in [3.8, 4) is 0 Å². The van der Waals surface area contributed by atoms with E-state index in [1.807, 2.05) is 0 Å². The van der Waals surface area contributed by atoms with Crippen LogP contribution in [0.1, 0.15) is 57.3 Å². The van der Waals surface area contributed by atoms with Gasteiger partial charge in [-0.2, -0.15) is 0 Å². The third-order valence-electron chi connectivity index (χ3n) is 4.81. The molecule has 1 aromatic rings. The van der Waals surface area contributed by atoms with E-state index in [-0.39, 0.29) is 12.1 Å². The summed E-state index contributed by atoms with van der Waals surface area (Å²) in [7, 11) is 0. The van der Waals surface area contributed by atoms with Crippen LogP contribution >= 0.6 is 0 Å². The molecule has 0 aromatic heterocycles. The Labute approximate surface area is 123 Å². The number of hydrogen-bond donors (Lipinski definition) is 1. The van der Waals surface area contributed by atoms with Crippen LogP contribution in [0.5, 0.6) is 0 Å². The molecule has 112 valence electrons. The van der Waals surface area contributed by atoms with Gasteiger partial charge in [-0.1, -0.05) is 38.1 Å². The van der Waals surface area contributed by atoms with E-state index in [0.29, 0.717) is 0 Å². The second-order valence-corrected chi connectivity index (χ2v) is 6.35. The lowest BCUT2D eigenvalue weighted by Gasteiger charge is -2.31. The summed E-state index contributed by atoms with van der Waals surface area (Å²) in [6.45, 7) is 8.90. The van der Waals surface area contributed by atoms with Crippen LogP contribution in [0.4, 0.5) is 0 Å². The van der Waals surface area contributed by atoms with Gasteiger partial charge in [-0.25, -0.2) is 0 Å². The Balaban J connectivity index is 2.01. The first kappa shape index (κ1) is 15.5. The van der Waals surface area contributed by atoms with Crippen LogP contribution in [-0.2, 0) is 6.42 Å². The number of rotatable bonds is 4. The van der Waals surface area contributed by atoms with Crippen LogP contribution in [-0.4, -0.2) is 29.1 Å². The molecular formula is C18H29NO. The summed E-state index contributed by atoms with van der Waals surface area (Å²) in [5.41, 5.74) is 2.38. The van der Waals surface area contributed by atoms with Crippen LogP contribution in [0.2, 0.25) is 0 Å². The van der Waals surface area contributed by atoms with Gasteiger partial charge in [0.25, 0.3) is 0 Å². The van der Waals surface area contributed by atoms with Crippen molar-refractivity contribution in [3.05, 3.63) is 35.4 Å². The standard InChI is InChI=1S/C18H29NO/c1-4-16-7-9-17(10-8-16)18(20)15(3)19-12-5-6-14(2)11-13-19/h7-10,14-15,18,20H,4-6,11-13H2,1-3H3. The summed E-state index contributed by atoms with van der Waals surface area (Å²) < 4.78 is 0. The highest BCUT2D eigenvalue weighted by atomic mass is 16.3. The van der Waals surface area contributed by atoms with Gasteiger partial charge in [0, 0.05) is 6.04 Å². The third kappa shape index (κ3) is 3.83. The van der Waals surface area contributed by atoms with Crippen molar-refractivity contribution in [1.82, 2.24) is 4.90 Å². The number of hydrogen-bond acceptors (Lipinski definition) is 2. The zero-order chi connectivity index (χ0) is 14.5. The van der Waals surface area contributed by atoms with Crippen LogP contribution in [0.15, 0.2) is 24.3 Å². The first-order valence-corrected chi connectivity index (χ1v) is 8.12. The lowest BCUT2D eigenvalue weighted by molar-refractivity contribution is 0.0592. The van der Waals surface area contributed by atoms with Crippen molar-refractivity contribution in [2.24, 2.45) is 5.92 Å². The minimum absolute atomic E-state index is 0.202. The SMILES string of the molecule is CCc1ccc(C(O)C(C)N2CCCC(C)CC2)cc1. The molecule has 1 aromatic carbocycles. The zero-order valence-corrected chi connectivity index (χ0v) is 13.2. The van der Waals surface area contributed by atoms with Gasteiger partial charge in [0.1, 0.15) is 0 Å². The Hall–Kier alpha value is -0.860. The molecule has 0 bridgehead atoms. The summed E-state index contributed by atoms with van der Waals surface area (Å²) in [5, 5.41) is 10.6. The monoisotopic (exact) mass is 275 g/mol. The minimum Gasteiger partial charge on any atom is -0.387 e. The van der Waals surface area contributed by atoms with Crippen LogP contribution in [0, 0.1) is 5.92 Å². The van der Waals surface area contributed by atoms with Gasteiger partial charge in [-0.15, -0.1) is 0 Å². The maximum absolute atomic E-state index is 10.6. The molecule has 1 saturated heterocycles. The lowest BCUT2D eigenvalue weighted by Crippen LogP contribution is -2.38. The lowest BCUT2D eigenvalue weighted by atomic mass is 10.00. The molecule has 2 heteroatoms. The molecule has 1 N–H and O–H groups in total. The van der Waals surface area contributed by atoms with Crippen LogP contribution in [0.3, 0.4) is 0 Å². The number of nitrogens with zero attached hydrogens (tertiary/aromatic N) is 1. The highest BCUT2D eigenvalue weighted by Crippen LogP contribution is 2.25. The van der Waals surface area contributed by atoms with E-state index in [1.165, 1.54) is 24.8 Å². The van der Waals surface area contributed by atoms with Crippen LogP contribution in [0.25, 0.3) is 0 Å². The molecule has 3 unspecified atom stereocenters. The smallest absolute Gasteiger partial charge is 0.0942 e. The summed E-state index contributed by atoms with van der Waals surface area (Å²) in [4.78, 5) is 2.46. The molecule has 0 amide bonds. The molecule has 0 radical (unpaired) electrons. The highest BCUT2D eigenvalue weighted by Gasteiger charge is 2.24. The summed E-state index contributed by atoms with van der Waals surface area (Å²) >= 11 is 0. The molecule has 1 heterocycles. The van der Waals surface area contributed by atoms with Gasteiger partial charge in [-0.3, -0.25) is 4.90 Å². The zero-order valence-electron chi connectivity index (χ0n) is 13.2. The van der Waals surface area contributed by atoms with Crippen molar-refractivity contribution in [2.75, 3.05) is 13.1 Å². The molecule has 2 rings (SSSR count). The van der Waals surface area contributed by atoms with Gasteiger partial charge < -0.3 is 5.11 Å². The maximum atomic E-state index is 10.6. The highest BCUT2D eigenvalue weighted by molar-refractivity contribution is 5.25. The van der Waals surface area contributed by atoms with Crippen molar-refractivity contribution in [3.63, 3.8) is 0 Å². The van der Waals surface area contributed by atoms with Crippen molar-refractivity contribution >= 4 is 0 Å². The quantitative estimate of drug-likeness (QED) is 0.903. The molecule has 0 spiro atoms. The van der Waals surface area contributed by atoms with Crippen LogP contribution < -0.4 is 0 Å². The number of aliphatic hydroxyl groups is 1. The maximum Gasteiger partial charge on any atom is 0.0942 e. The Morgan fingerprint density at radius 3 is 2.55 bits per heavy atom. The average molecular weight is 275 g/mol. The summed E-state index contributed by atoms with van der Waals surface area (Å²) in [5.74, 6) is 0.827. The Bertz CT molecular complexity index is 400. The predicted octanol–water partition coefficient (Wildman–Crippen LogP) is 3.79. The van der Waals surface area contributed by atoms with E-state index in [4.69, 9.17) is 0 Å². The Morgan fingerprint density at radius 2 is 1.90 bits per heavy atom. The first-order valence-electron chi connectivity index (χ1n) is 8.12. The summed E-state index contributed by atoms with van der Waals surface area (Å²) in [6.07, 6.45) is 4.51. The van der Waals surface area contributed by atoms with E-state index in [0.717, 1.165) is 31.0 Å². The molecule has 2 nitrogen and oxygen atoms in total. The number of aryl methyl sites for hydroxylation is 1. The van der Waals surface area contributed by atoms with Gasteiger partial charge in [0.2, 0.25) is 0 Å². The molecule has 0 aliphatic carbocycles. The number of aliphatic hydroxyl groups excluding tert-OH is 1. The predicted molar refractivity (Wildman–Crippen MR) is 84.8 cm³/mol. The molecular weight excluding hydrogens is 246 g/mol. The van der Waals surface area contributed by atoms with E-state index < -0.39 is 0 Å². The van der Waals surface area contributed by atoms with Gasteiger partial charge in [0.05, 0.1) is 6.10 Å². The third-order valence-corrected chi connectivity index (χ3v) is 4.81. The average Bonchev–Trinajstić information content (AvgIpc) is 2.70. The van der Waals surface area contributed by atoms with Crippen molar-refractivity contribution in [1.29, 1.82) is 0 Å². The molecule has 20 heavy (non-hydrogen) atoms. The Morgan fingerprint density at radius 1 is 1.20 bits per heavy atom. The van der Waals surface area contributed by atoms with E-state index in [9.17, 15) is 5.11 Å². The van der Waals surface area contributed by atoms with Crippen molar-refractivity contribution < 1.29 is 5.11 Å². The molecule has 1 aliphatic rings. The second-order valence-electron chi connectivity index (χ2n) is 6.35. The van der Waals surface area contributed by atoms with E-state index in [2.05, 4.69) is 49.9 Å². The Kier molecular flexibility index (Phi) is 5.62. The van der Waals surface area contributed by atoms with E-state index >= 15 is 0 Å². The molecule has 1 aliphatic heterocycles. The fourth-order valence-corrected chi connectivity index (χ4v) is 3.12. The number of likely N-dealkylation sites (tertiary alicyclic amines) is 1. The van der Waals surface area contributed by atoms with Gasteiger partial charge >= 0.3 is 0 Å². The normalized spacial score (nSPS) is 24.1. The van der Waals surface area contributed by atoms with Crippen molar-refractivity contribution in [2.45, 2.75) is 58.6 Å². The fourth-order valence-electron chi connectivity index (χ4n) is 3.12. The summed E-state index contributed by atoms with van der Waals surface area (Å²) in [6, 6.07) is 8.64. The number of benzene rings is 1. The van der Waals surface area contributed by atoms with Gasteiger partial charge in [0.15, 0.2) is 0 Å². The molecule has 0 saturated carbocycles. The van der Waals surface area contributed by atoms with E-state index in [1.54, 1.807) is 0 Å². The minimum atomic E-state index is -0.380. The first-order chi connectivity index (χ1) is 9.61.